The Bertz CT molecular complexity index is 986. The van der Waals surface area contributed by atoms with Gasteiger partial charge in [0, 0.05) is 11.4 Å². The third kappa shape index (κ3) is 4.41. The molecule has 0 unspecified atom stereocenters. The van der Waals surface area contributed by atoms with Crippen LogP contribution in [0.3, 0.4) is 0 Å². The van der Waals surface area contributed by atoms with Crippen LogP contribution in [0.5, 0.6) is 5.75 Å². The van der Waals surface area contributed by atoms with E-state index in [1.807, 2.05) is 63.2 Å². The number of methoxy groups -OCH3 is 1. The smallest absolute Gasteiger partial charge is 0.274 e. The number of amides is 1. The maximum absolute atomic E-state index is 12.7. The molecular formula is C21H22N4O2. The predicted octanol–water partition coefficient (Wildman–Crippen LogP) is 4.41. The van der Waals surface area contributed by atoms with Crippen molar-refractivity contribution in [1.29, 1.82) is 0 Å². The van der Waals surface area contributed by atoms with E-state index in [0.717, 1.165) is 22.5 Å². The van der Waals surface area contributed by atoms with Gasteiger partial charge >= 0.3 is 0 Å². The molecule has 6 heteroatoms. The Morgan fingerprint density at radius 2 is 1.74 bits per heavy atom. The Balaban J connectivity index is 1.86. The van der Waals surface area contributed by atoms with Crippen molar-refractivity contribution in [2.24, 2.45) is 0 Å². The van der Waals surface area contributed by atoms with Crippen molar-refractivity contribution in [3.05, 3.63) is 71.0 Å². The number of nitrogens with one attached hydrogen (secondary N) is 2. The van der Waals surface area contributed by atoms with Gasteiger partial charge in [0.1, 0.15) is 11.4 Å². The summed E-state index contributed by atoms with van der Waals surface area (Å²) >= 11 is 0. The zero-order valence-corrected chi connectivity index (χ0v) is 15.8. The molecule has 0 aliphatic carbocycles. The first-order valence-corrected chi connectivity index (χ1v) is 8.60. The van der Waals surface area contributed by atoms with E-state index in [9.17, 15) is 4.79 Å². The molecule has 6 nitrogen and oxygen atoms in total. The molecular weight excluding hydrogens is 340 g/mol. The molecule has 1 amide bonds. The minimum atomic E-state index is -0.280. The molecule has 138 valence electrons. The molecule has 0 radical (unpaired) electrons. The second-order valence-electron chi connectivity index (χ2n) is 6.32. The number of rotatable bonds is 5. The number of benzene rings is 2. The molecule has 2 aromatic carbocycles. The fourth-order valence-electron chi connectivity index (χ4n) is 2.67. The number of carbonyl (C=O) groups is 1. The van der Waals surface area contributed by atoms with Crippen LogP contribution in [0.25, 0.3) is 0 Å². The molecule has 0 fully saturated rings. The van der Waals surface area contributed by atoms with Gasteiger partial charge in [-0.15, -0.1) is 0 Å². The molecule has 0 saturated carbocycles. The van der Waals surface area contributed by atoms with E-state index >= 15 is 0 Å². The van der Waals surface area contributed by atoms with Gasteiger partial charge in [0.2, 0.25) is 5.95 Å². The summed E-state index contributed by atoms with van der Waals surface area (Å²) in [5.74, 6) is 0.729. The van der Waals surface area contributed by atoms with Crippen LogP contribution in [0.2, 0.25) is 0 Å². The highest BCUT2D eigenvalue weighted by Gasteiger charge is 2.13. The summed E-state index contributed by atoms with van der Waals surface area (Å²) in [5, 5.41) is 6.04. The van der Waals surface area contributed by atoms with Gasteiger partial charge in [-0.25, -0.2) is 9.97 Å². The van der Waals surface area contributed by atoms with Gasteiger partial charge in [0.15, 0.2) is 0 Å². The molecule has 3 aromatic rings. The first-order chi connectivity index (χ1) is 13.0. The topological polar surface area (TPSA) is 76.1 Å². The average molecular weight is 362 g/mol. The fraction of sp³-hybridized carbons (Fsp3) is 0.190. The van der Waals surface area contributed by atoms with Crippen molar-refractivity contribution in [2.75, 3.05) is 17.7 Å². The van der Waals surface area contributed by atoms with Crippen molar-refractivity contribution < 1.29 is 9.53 Å². The predicted molar refractivity (Wildman–Crippen MR) is 107 cm³/mol. The van der Waals surface area contributed by atoms with Crippen molar-refractivity contribution in [3.63, 3.8) is 0 Å². The zero-order chi connectivity index (χ0) is 19.4. The van der Waals surface area contributed by atoms with Crippen LogP contribution in [0, 0.1) is 20.8 Å². The largest absolute Gasteiger partial charge is 0.495 e. The van der Waals surface area contributed by atoms with E-state index in [2.05, 4.69) is 20.6 Å². The summed E-state index contributed by atoms with van der Waals surface area (Å²) in [7, 11) is 1.60. The molecule has 0 aliphatic rings. The number of nitrogens with zero attached hydrogens (tertiary/aromatic N) is 2. The van der Waals surface area contributed by atoms with E-state index in [-0.39, 0.29) is 5.91 Å². The Morgan fingerprint density at radius 1 is 0.963 bits per heavy atom. The monoisotopic (exact) mass is 362 g/mol. The minimum Gasteiger partial charge on any atom is -0.495 e. The summed E-state index contributed by atoms with van der Waals surface area (Å²) in [5.41, 5.74) is 4.55. The lowest BCUT2D eigenvalue weighted by Crippen LogP contribution is -2.16. The normalized spacial score (nSPS) is 10.4. The van der Waals surface area contributed by atoms with Gasteiger partial charge < -0.3 is 15.4 Å². The number of para-hydroxylation sites is 2. The molecule has 1 aromatic heterocycles. The van der Waals surface area contributed by atoms with E-state index in [0.29, 0.717) is 23.1 Å². The van der Waals surface area contributed by atoms with Gasteiger partial charge in [0.05, 0.1) is 12.8 Å². The quantitative estimate of drug-likeness (QED) is 0.703. The molecule has 0 atom stereocenters. The highest BCUT2D eigenvalue weighted by molar-refractivity contribution is 6.03. The maximum atomic E-state index is 12.7. The Kier molecular flexibility index (Phi) is 5.35. The van der Waals surface area contributed by atoms with Crippen LogP contribution < -0.4 is 15.4 Å². The summed E-state index contributed by atoms with van der Waals surface area (Å²) in [6.45, 7) is 5.76. The van der Waals surface area contributed by atoms with Crippen molar-refractivity contribution in [3.8, 4) is 5.75 Å². The van der Waals surface area contributed by atoms with Crippen LogP contribution >= 0.6 is 0 Å². The molecule has 0 bridgehead atoms. The van der Waals surface area contributed by atoms with Crippen LogP contribution in [-0.4, -0.2) is 23.0 Å². The minimum absolute atomic E-state index is 0.280. The van der Waals surface area contributed by atoms with Crippen LogP contribution in [0.15, 0.2) is 48.5 Å². The van der Waals surface area contributed by atoms with Crippen LogP contribution in [0.4, 0.5) is 17.3 Å². The number of hydrogen-bond acceptors (Lipinski definition) is 5. The van der Waals surface area contributed by atoms with E-state index in [1.54, 1.807) is 13.2 Å². The number of aryl methyl sites for hydroxylation is 3. The Labute approximate surface area is 158 Å². The molecule has 0 spiro atoms. The SMILES string of the molecule is COc1ccccc1Nc1nc(C)cc(C(=O)Nc2cc(C)ccc2C)n1. The van der Waals surface area contributed by atoms with E-state index in [4.69, 9.17) is 4.74 Å². The maximum Gasteiger partial charge on any atom is 0.274 e. The number of ether oxygens (including phenoxy) is 1. The Morgan fingerprint density at radius 3 is 2.52 bits per heavy atom. The lowest BCUT2D eigenvalue weighted by atomic mass is 10.1. The van der Waals surface area contributed by atoms with Gasteiger partial charge in [-0.3, -0.25) is 4.79 Å². The number of carbonyl (C=O) groups excluding carboxylic acids is 1. The standard InChI is InChI=1S/C21H22N4O2/c1-13-9-10-14(2)17(11-13)23-20(26)18-12-15(3)22-21(25-18)24-16-7-5-6-8-19(16)27-4/h5-12H,1-4H3,(H,23,26)(H,22,24,25). The molecule has 3 rings (SSSR count). The summed E-state index contributed by atoms with van der Waals surface area (Å²) in [6.07, 6.45) is 0. The van der Waals surface area contributed by atoms with Crippen LogP contribution in [0.1, 0.15) is 27.3 Å². The average Bonchev–Trinajstić information content (AvgIpc) is 2.64. The molecule has 0 saturated heterocycles. The molecule has 1 heterocycles. The van der Waals surface area contributed by atoms with Crippen molar-refractivity contribution in [2.45, 2.75) is 20.8 Å². The van der Waals surface area contributed by atoms with Crippen molar-refractivity contribution >= 4 is 23.2 Å². The van der Waals surface area contributed by atoms with Crippen LogP contribution in [-0.2, 0) is 0 Å². The van der Waals surface area contributed by atoms with Gasteiger partial charge in [-0.2, -0.15) is 0 Å². The number of hydrogen-bond donors (Lipinski definition) is 2. The van der Waals surface area contributed by atoms with Gasteiger partial charge in [0.25, 0.3) is 5.91 Å². The number of aromatic nitrogens is 2. The third-order valence-corrected chi connectivity index (χ3v) is 4.08. The summed E-state index contributed by atoms with van der Waals surface area (Å²) in [4.78, 5) is 21.4. The second kappa shape index (κ2) is 7.86. The zero-order valence-electron chi connectivity index (χ0n) is 15.8. The Hall–Kier alpha value is -3.41. The summed E-state index contributed by atoms with van der Waals surface area (Å²) in [6, 6.07) is 15.1. The van der Waals surface area contributed by atoms with Crippen molar-refractivity contribution in [1.82, 2.24) is 9.97 Å². The van der Waals surface area contributed by atoms with Gasteiger partial charge in [-0.05, 0) is 56.2 Å². The highest BCUT2D eigenvalue weighted by Crippen LogP contribution is 2.26. The lowest BCUT2D eigenvalue weighted by molar-refractivity contribution is 0.102. The first kappa shape index (κ1) is 18.4. The van der Waals surface area contributed by atoms with E-state index < -0.39 is 0 Å². The van der Waals surface area contributed by atoms with E-state index in [1.165, 1.54) is 0 Å². The fourth-order valence-corrected chi connectivity index (χ4v) is 2.67. The molecule has 27 heavy (non-hydrogen) atoms. The number of anilines is 3. The second-order valence-corrected chi connectivity index (χ2v) is 6.32. The lowest BCUT2D eigenvalue weighted by Gasteiger charge is -2.12. The molecule has 0 aliphatic heterocycles. The molecule has 2 N–H and O–H groups in total. The summed E-state index contributed by atoms with van der Waals surface area (Å²) < 4.78 is 5.33. The van der Waals surface area contributed by atoms with Gasteiger partial charge in [-0.1, -0.05) is 24.3 Å². The third-order valence-electron chi connectivity index (χ3n) is 4.08. The first-order valence-electron chi connectivity index (χ1n) is 8.60. The highest BCUT2D eigenvalue weighted by atomic mass is 16.5.